The van der Waals surface area contributed by atoms with E-state index in [0.29, 0.717) is 11.3 Å². The van der Waals surface area contributed by atoms with Gasteiger partial charge in [-0.1, -0.05) is 13.3 Å². The van der Waals surface area contributed by atoms with Crippen molar-refractivity contribution in [2.75, 3.05) is 23.7 Å². The number of anilines is 2. The van der Waals surface area contributed by atoms with Gasteiger partial charge in [-0.15, -0.1) is 0 Å². The van der Waals surface area contributed by atoms with Crippen LogP contribution in [0.5, 0.6) is 0 Å². The van der Waals surface area contributed by atoms with E-state index < -0.39 is 0 Å². The summed E-state index contributed by atoms with van der Waals surface area (Å²) in [7, 11) is 0. The summed E-state index contributed by atoms with van der Waals surface area (Å²) in [6.45, 7) is 8.52. The predicted octanol–water partition coefficient (Wildman–Crippen LogP) is 3.70. The van der Waals surface area contributed by atoms with E-state index in [-0.39, 0.29) is 0 Å². The van der Waals surface area contributed by atoms with Gasteiger partial charge in [0.15, 0.2) is 0 Å². The van der Waals surface area contributed by atoms with Crippen molar-refractivity contribution in [3.63, 3.8) is 0 Å². The van der Waals surface area contributed by atoms with Crippen molar-refractivity contribution < 1.29 is 0 Å². The maximum absolute atomic E-state index is 4.78. The van der Waals surface area contributed by atoms with E-state index in [0.717, 1.165) is 36.1 Å². The Morgan fingerprint density at radius 2 is 1.80 bits per heavy atom. The second-order valence-electron chi connectivity index (χ2n) is 6.73. The van der Waals surface area contributed by atoms with Crippen LogP contribution in [0.25, 0.3) is 0 Å². The molecule has 2 aliphatic rings. The average Bonchev–Trinajstić information content (AvgIpc) is 3.22. The topological polar surface area (TPSA) is 49.8 Å². The van der Waals surface area contributed by atoms with Crippen LogP contribution in [-0.2, 0) is 0 Å². The Kier molecular flexibility index (Phi) is 3.57. The molecule has 4 heteroatoms. The second kappa shape index (κ2) is 5.23. The number of rotatable bonds is 6. The summed E-state index contributed by atoms with van der Waals surface area (Å²) in [6, 6.07) is 0. The molecule has 1 heterocycles. The molecule has 1 aromatic heterocycles. The van der Waals surface area contributed by atoms with E-state index in [1.54, 1.807) is 0 Å². The van der Waals surface area contributed by atoms with Crippen molar-refractivity contribution in [1.82, 2.24) is 9.97 Å². The Morgan fingerprint density at radius 3 is 2.30 bits per heavy atom. The van der Waals surface area contributed by atoms with Gasteiger partial charge in [-0.05, 0) is 44.9 Å². The first kappa shape index (κ1) is 13.7. The maximum atomic E-state index is 4.78. The highest BCUT2D eigenvalue weighted by Crippen LogP contribution is 2.41. The van der Waals surface area contributed by atoms with Crippen LogP contribution in [0.15, 0.2) is 0 Å². The van der Waals surface area contributed by atoms with E-state index >= 15 is 0 Å². The van der Waals surface area contributed by atoms with E-state index in [4.69, 9.17) is 9.97 Å². The standard InChI is InChI=1S/C16H26N4/c1-4-17-13-11(2)14(18-10-16(3)8-5-9-16)20-15(19-13)12-6-7-12/h12H,4-10H2,1-3H3,(H2,17,18,19,20). The first-order valence-corrected chi connectivity index (χ1v) is 7.97. The van der Waals surface area contributed by atoms with Crippen LogP contribution in [0.1, 0.15) is 63.3 Å². The molecule has 2 N–H and O–H groups in total. The lowest BCUT2D eigenvalue weighted by molar-refractivity contribution is 0.180. The van der Waals surface area contributed by atoms with Crippen molar-refractivity contribution in [2.24, 2.45) is 5.41 Å². The minimum absolute atomic E-state index is 0.468. The van der Waals surface area contributed by atoms with Gasteiger partial charge in [0.2, 0.25) is 0 Å². The summed E-state index contributed by atoms with van der Waals surface area (Å²) in [4.78, 5) is 9.48. The van der Waals surface area contributed by atoms with Crippen molar-refractivity contribution >= 4 is 11.6 Å². The zero-order chi connectivity index (χ0) is 14.2. The first-order chi connectivity index (χ1) is 9.61. The van der Waals surface area contributed by atoms with E-state index in [1.165, 1.54) is 32.1 Å². The number of nitrogens with zero attached hydrogens (tertiary/aromatic N) is 2. The monoisotopic (exact) mass is 274 g/mol. The van der Waals surface area contributed by atoms with Gasteiger partial charge >= 0.3 is 0 Å². The van der Waals surface area contributed by atoms with Crippen LogP contribution >= 0.6 is 0 Å². The zero-order valence-corrected chi connectivity index (χ0v) is 12.9. The molecular formula is C16H26N4. The molecule has 1 aromatic rings. The SMILES string of the molecule is CCNc1nc(C2CC2)nc(NCC2(C)CCC2)c1C. The van der Waals surface area contributed by atoms with Crippen LogP contribution in [0, 0.1) is 12.3 Å². The molecular weight excluding hydrogens is 248 g/mol. The van der Waals surface area contributed by atoms with Gasteiger partial charge in [0.25, 0.3) is 0 Å². The smallest absolute Gasteiger partial charge is 0.136 e. The summed E-state index contributed by atoms with van der Waals surface area (Å²) in [5.41, 5.74) is 1.62. The normalized spacial score (nSPS) is 20.4. The van der Waals surface area contributed by atoms with Gasteiger partial charge in [-0.2, -0.15) is 0 Å². The third-order valence-corrected chi connectivity index (χ3v) is 4.69. The molecule has 0 atom stereocenters. The van der Waals surface area contributed by atoms with Crippen LogP contribution in [0.2, 0.25) is 0 Å². The van der Waals surface area contributed by atoms with E-state index in [9.17, 15) is 0 Å². The van der Waals surface area contributed by atoms with Crippen molar-refractivity contribution in [3.8, 4) is 0 Å². The fraction of sp³-hybridized carbons (Fsp3) is 0.750. The van der Waals surface area contributed by atoms with Gasteiger partial charge < -0.3 is 10.6 Å². The Labute approximate surface area is 121 Å². The fourth-order valence-corrected chi connectivity index (χ4v) is 2.82. The summed E-state index contributed by atoms with van der Waals surface area (Å²) in [5.74, 6) is 3.65. The molecule has 20 heavy (non-hydrogen) atoms. The molecule has 3 rings (SSSR count). The molecule has 2 saturated carbocycles. The summed E-state index contributed by atoms with van der Waals surface area (Å²) < 4.78 is 0. The lowest BCUT2D eigenvalue weighted by atomic mass is 9.70. The molecule has 0 aromatic carbocycles. The van der Waals surface area contributed by atoms with E-state index in [2.05, 4.69) is 31.4 Å². The minimum Gasteiger partial charge on any atom is -0.370 e. The van der Waals surface area contributed by atoms with Crippen LogP contribution < -0.4 is 10.6 Å². The first-order valence-electron chi connectivity index (χ1n) is 7.97. The van der Waals surface area contributed by atoms with Gasteiger partial charge in [-0.3, -0.25) is 0 Å². The number of hydrogen-bond acceptors (Lipinski definition) is 4. The fourth-order valence-electron chi connectivity index (χ4n) is 2.82. The summed E-state index contributed by atoms with van der Waals surface area (Å²) in [6.07, 6.45) is 6.52. The average molecular weight is 274 g/mol. The number of hydrogen-bond donors (Lipinski definition) is 2. The Hall–Kier alpha value is -1.32. The maximum Gasteiger partial charge on any atom is 0.136 e. The third kappa shape index (κ3) is 2.74. The highest BCUT2D eigenvalue weighted by molar-refractivity contribution is 5.57. The lowest BCUT2D eigenvalue weighted by Gasteiger charge is -2.38. The quantitative estimate of drug-likeness (QED) is 0.830. The molecule has 0 amide bonds. The molecule has 0 unspecified atom stereocenters. The molecule has 0 aliphatic heterocycles. The second-order valence-corrected chi connectivity index (χ2v) is 6.73. The number of nitrogens with one attached hydrogen (secondary N) is 2. The highest BCUT2D eigenvalue weighted by Gasteiger charge is 2.32. The summed E-state index contributed by atoms with van der Waals surface area (Å²) in [5, 5.41) is 6.96. The van der Waals surface area contributed by atoms with Gasteiger partial charge in [0, 0.05) is 24.6 Å². The lowest BCUT2D eigenvalue weighted by Crippen LogP contribution is -2.33. The van der Waals surface area contributed by atoms with Crippen LogP contribution in [0.3, 0.4) is 0 Å². The molecule has 0 spiro atoms. The Bertz CT molecular complexity index is 489. The highest BCUT2D eigenvalue weighted by atomic mass is 15.1. The third-order valence-electron chi connectivity index (χ3n) is 4.69. The van der Waals surface area contributed by atoms with Crippen molar-refractivity contribution in [1.29, 1.82) is 0 Å². The van der Waals surface area contributed by atoms with Crippen LogP contribution in [0.4, 0.5) is 11.6 Å². The molecule has 2 fully saturated rings. The molecule has 0 bridgehead atoms. The molecule has 2 aliphatic carbocycles. The molecule has 0 radical (unpaired) electrons. The zero-order valence-electron chi connectivity index (χ0n) is 12.9. The minimum atomic E-state index is 0.468. The van der Waals surface area contributed by atoms with Crippen LogP contribution in [-0.4, -0.2) is 23.1 Å². The van der Waals surface area contributed by atoms with Crippen molar-refractivity contribution in [3.05, 3.63) is 11.4 Å². The van der Waals surface area contributed by atoms with Gasteiger partial charge in [0.05, 0.1) is 0 Å². The largest absolute Gasteiger partial charge is 0.370 e. The Morgan fingerprint density at radius 1 is 1.15 bits per heavy atom. The van der Waals surface area contributed by atoms with Crippen molar-refractivity contribution in [2.45, 2.75) is 58.8 Å². The summed E-state index contributed by atoms with van der Waals surface area (Å²) >= 11 is 0. The molecule has 0 saturated heterocycles. The predicted molar refractivity (Wildman–Crippen MR) is 83.4 cm³/mol. The Balaban J connectivity index is 1.79. The van der Waals surface area contributed by atoms with Gasteiger partial charge in [0.1, 0.15) is 17.5 Å². The van der Waals surface area contributed by atoms with E-state index in [1.807, 2.05) is 0 Å². The number of aromatic nitrogens is 2. The van der Waals surface area contributed by atoms with Gasteiger partial charge in [-0.25, -0.2) is 9.97 Å². The molecule has 4 nitrogen and oxygen atoms in total. The molecule has 110 valence electrons.